The zero-order valence-electron chi connectivity index (χ0n) is 9.74. The molecule has 0 atom stereocenters. The number of hydrogen-bond acceptors (Lipinski definition) is 2. The number of nitrogens with zero attached hydrogens (tertiary/aromatic N) is 1. The third-order valence-corrected chi connectivity index (χ3v) is 2.83. The molecule has 1 aromatic rings. The molecular weight excluding hydrogens is 242 g/mol. The fraction of sp³-hybridized carbons (Fsp3) is 0.333. The molecule has 92 valence electrons. The maximum Gasteiger partial charge on any atom is 0.305 e. The minimum absolute atomic E-state index is 0.0676. The molecule has 0 heterocycles. The lowest BCUT2D eigenvalue weighted by Gasteiger charge is -2.16. The average Bonchev–Trinajstić information content (AvgIpc) is 2.28. The Bertz CT molecular complexity index is 445. The molecule has 0 aliphatic carbocycles. The highest BCUT2D eigenvalue weighted by molar-refractivity contribution is 6.31. The van der Waals surface area contributed by atoms with Gasteiger partial charge in [0, 0.05) is 24.2 Å². The molecule has 0 unspecified atom stereocenters. The Morgan fingerprint density at radius 3 is 2.59 bits per heavy atom. The van der Waals surface area contributed by atoms with E-state index < -0.39 is 5.97 Å². The van der Waals surface area contributed by atoms with E-state index in [-0.39, 0.29) is 18.9 Å². The van der Waals surface area contributed by atoms with Crippen molar-refractivity contribution < 1.29 is 14.7 Å². The fourth-order valence-electron chi connectivity index (χ4n) is 1.31. The smallest absolute Gasteiger partial charge is 0.305 e. The highest BCUT2D eigenvalue weighted by Gasteiger charge is 2.13. The Morgan fingerprint density at radius 1 is 1.41 bits per heavy atom. The van der Waals surface area contributed by atoms with Crippen LogP contribution in [-0.2, 0) is 4.79 Å². The quantitative estimate of drug-likeness (QED) is 0.897. The zero-order chi connectivity index (χ0) is 13.0. The number of amides is 1. The van der Waals surface area contributed by atoms with Crippen molar-refractivity contribution in [1.29, 1.82) is 0 Å². The third-order valence-electron chi connectivity index (χ3n) is 2.43. The van der Waals surface area contributed by atoms with Gasteiger partial charge in [-0.1, -0.05) is 17.7 Å². The summed E-state index contributed by atoms with van der Waals surface area (Å²) in [5.74, 6) is -1.15. The van der Waals surface area contributed by atoms with Crippen molar-refractivity contribution in [2.75, 3.05) is 13.6 Å². The Labute approximate surface area is 105 Å². The number of hydrogen-bond donors (Lipinski definition) is 1. The standard InChI is InChI=1S/C12H14ClNO3/c1-8-3-4-9(7-10(8)13)12(17)14(2)6-5-11(15)16/h3-4,7H,5-6H2,1-2H3,(H,15,16). The molecule has 1 aromatic carbocycles. The lowest BCUT2D eigenvalue weighted by Crippen LogP contribution is -2.29. The van der Waals surface area contributed by atoms with Crippen molar-refractivity contribution in [1.82, 2.24) is 4.90 Å². The molecule has 1 rings (SSSR count). The molecule has 17 heavy (non-hydrogen) atoms. The van der Waals surface area contributed by atoms with E-state index in [1.807, 2.05) is 6.92 Å². The number of halogens is 1. The number of rotatable bonds is 4. The van der Waals surface area contributed by atoms with Crippen molar-refractivity contribution in [2.24, 2.45) is 0 Å². The van der Waals surface area contributed by atoms with E-state index >= 15 is 0 Å². The van der Waals surface area contributed by atoms with Gasteiger partial charge in [-0.3, -0.25) is 9.59 Å². The van der Waals surface area contributed by atoms with Gasteiger partial charge in [0.1, 0.15) is 0 Å². The molecule has 0 saturated carbocycles. The molecule has 0 spiro atoms. The van der Waals surface area contributed by atoms with Gasteiger partial charge in [-0.2, -0.15) is 0 Å². The molecule has 0 bridgehead atoms. The third kappa shape index (κ3) is 3.75. The van der Waals surface area contributed by atoms with Gasteiger partial charge < -0.3 is 10.0 Å². The van der Waals surface area contributed by atoms with E-state index in [9.17, 15) is 9.59 Å². The molecule has 0 aliphatic heterocycles. The number of aliphatic carboxylic acids is 1. The first kappa shape index (κ1) is 13.5. The van der Waals surface area contributed by atoms with Crippen LogP contribution in [0, 0.1) is 6.92 Å². The van der Waals surface area contributed by atoms with Crippen LogP contribution in [0.2, 0.25) is 5.02 Å². The van der Waals surface area contributed by atoms with Gasteiger partial charge in [0.05, 0.1) is 6.42 Å². The number of carbonyl (C=O) groups excluding carboxylic acids is 1. The van der Waals surface area contributed by atoms with Crippen LogP contribution in [-0.4, -0.2) is 35.5 Å². The van der Waals surface area contributed by atoms with Crippen LogP contribution in [0.3, 0.4) is 0 Å². The largest absolute Gasteiger partial charge is 0.481 e. The maximum atomic E-state index is 11.9. The predicted molar refractivity (Wildman–Crippen MR) is 65.4 cm³/mol. The molecule has 0 fully saturated rings. The van der Waals surface area contributed by atoms with E-state index in [0.717, 1.165) is 5.56 Å². The van der Waals surface area contributed by atoms with Crippen LogP contribution in [0.15, 0.2) is 18.2 Å². The number of carboxylic acids is 1. The Kier molecular flexibility index (Phi) is 4.52. The second-order valence-corrected chi connectivity index (χ2v) is 4.24. The van der Waals surface area contributed by atoms with Gasteiger partial charge in [-0.25, -0.2) is 0 Å². The minimum atomic E-state index is -0.924. The van der Waals surface area contributed by atoms with Crippen LogP contribution >= 0.6 is 11.6 Å². The highest BCUT2D eigenvalue weighted by Crippen LogP contribution is 2.17. The summed E-state index contributed by atoms with van der Waals surface area (Å²) in [6.07, 6.45) is -0.0676. The van der Waals surface area contributed by atoms with Gasteiger partial charge >= 0.3 is 5.97 Å². The Hall–Kier alpha value is -1.55. The first-order chi connectivity index (χ1) is 7.91. The molecule has 4 nitrogen and oxygen atoms in total. The van der Waals surface area contributed by atoms with Crippen molar-refractivity contribution in [3.8, 4) is 0 Å². The van der Waals surface area contributed by atoms with E-state index in [1.54, 1.807) is 25.2 Å². The van der Waals surface area contributed by atoms with Crippen LogP contribution in [0.1, 0.15) is 22.3 Å². The summed E-state index contributed by atoms with van der Waals surface area (Å²) >= 11 is 5.93. The Morgan fingerprint density at radius 2 is 2.06 bits per heavy atom. The molecule has 0 radical (unpaired) electrons. The summed E-state index contributed by atoms with van der Waals surface area (Å²) in [5.41, 5.74) is 1.37. The van der Waals surface area contributed by atoms with Gasteiger partial charge in [0.25, 0.3) is 5.91 Å². The monoisotopic (exact) mass is 255 g/mol. The summed E-state index contributed by atoms with van der Waals surface area (Å²) < 4.78 is 0. The lowest BCUT2D eigenvalue weighted by atomic mass is 10.1. The lowest BCUT2D eigenvalue weighted by molar-refractivity contribution is -0.137. The van der Waals surface area contributed by atoms with Crippen molar-refractivity contribution in [3.05, 3.63) is 34.3 Å². The number of carboxylic acid groups (broad SMARTS) is 1. The zero-order valence-corrected chi connectivity index (χ0v) is 10.5. The van der Waals surface area contributed by atoms with Crippen molar-refractivity contribution in [3.63, 3.8) is 0 Å². The number of aryl methyl sites for hydroxylation is 1. The molecule has 1 amide bonds. The molecule has 5 heteroatoms. The van der Waals surface area contributed by atoms with Gasteiger partial charge in [-0.15, -0.1) is 0 Å². The summed E-state index contributed by atoms with van der Waals surface area (Å²) in [6.45, 7) is 2.03. The van der Waals surface area contributed by atoms with Crippen LogP contribution < -0.4 is 0 Å². The summed E-state index contributed by atoms with van der Waals surface area (Å²) in [6, 6.07) is 5.04. The summed E-state index contributed by atoms with van der Waals surface area (Å²) in [7, 11) is 1.57. The van der Waals surface area contributed by atoms with E-state index in [2.05, 4.69) is 0 Å². The maximum absolute atomic E-state index is 11.9. The molecule has 1 N–H and O–H groups in total. The van der Waals surface area contributed by atoms with Gasteiger partial charge in [-0.05, 0) is 24.6 Å². The molecule has 0 aliphatic rings. The summed E-state index contributed by atoms with van der Waals surface area (Å²) in [4.78, 5) is 23.7. The normalized spacial score (nSPS) is 10.1. The topological polar surface area (TPSA) is 57.6 Å². The van der Waals surface area contributed by atoms with E-state index in [1.165, 1.54) is 4.90 Å². The SMILES string of the molecule is Cc1ccc(C(=O)N(C)CCC(=O)O)cc1Cl. The van der Waals surface area contributed by atoms with Gasteiger partial charge in [0.2, 0.25) is 0 Å². The van der Waals surface area contributed by atoms with E-state index in [0.29, 0.717) is 10.6 Å². The molecule has 0 aromatic heterocycles. The second kappa shape index (κ2) is 5.68. The van der Waals surface area contributed by atoms with Crippen LogP contribution in [0.4, 0.5) is 0 Å². The average molecular weight is 256 g/mol. The predicted octanol–water partition coefficient (Wildman–Crippen LogP) is 2.20. The Balaban J connectivity index is 2.74. The molecule has 0 saturated heterocycles. The van der Waals surface area contributed by atoms with Gasteiger partial charge in [0.15, 0.2) is 0 Å². The minimum Gasteiger partial charge on any atom is -0.481 e. The number of carbonyl (C=O) groups is 2. The second-order valence-electron chi connectivity index (χ2n) is 3.83. The van der Waals surface area contributed by atoms with Crippen LogP contribution in [0.25, 0.3) is 0 Å². The highest BCUT2D eigenvalue weighted by atomic mass is 35.5. The van der Waals surface area contributed by atoms with Crippen molar-refractivity contribution >= 4 is 23.5 Å². The van der Waals surface area contributed by atoms with E-state index in [4.69, 9.17) is 16.7 Å². The molecular formula is C12H14ClNO3. The first-order valence-electron chi connectivity index (χ1n) is 5.15. The number of benzene rings is 1. The fourth-order valence-corrected chi connectivity index (χ4v) is 1.49. The van der Waals surface area contributed by atoms with Crippen LogP contribution in [0.5, 0.6) is 0 Å². The first-order valence-corrected chi connectivity index (χ1v) is 5.53. The summed E-state index contributed by atoms with van der Waals surface area (Å²) in [5, 5.41) is 9.07. The van der Waals surface area contributed by atoms with Crippen molar-refractivity contribution in [2.45, 2.75) is 13.3 Å².